The van der Waals surface area contributed by atoms with E-state index in [0.29, 0.717) is 0 Å². The van der Waals surface area contributed by atoms with Gasteiger partial charge in [0.25, 0.3) is 5.91 Å². The average Bonchev–Trinajstić information content (AvgIpc) is 3.29. The Morgan fingerprint density at radius 3 is 2.62 bits per heavy atom. The fourth-order valence-corrected chi connectivity index (χ4v) is 5.29. The molecular weight excluding hydrogens is 382 g/mol. The van der Waals surface area contributed by atoms with Crippen LogP contribution in [0.4, 0.5) is 5.82 Å². The fraction of sp³-hybridized carbons (Fsp3) is 0.455. The van der Waals surface area contributed by atoms with Gasteiger partial charge >= 0.3 is 0 Å². The lowest BCUT2D eigenvalue weighted by Gasteiger charge is -2.37. The van der Waals surface area contributed by atoms with E-state index in [1.54, 1.807) is 11.5 Å². The van der Waals surface area contributed by atoms with Gasteiger partial charge in [-0.25, -0.2) is 0 Å². The third-order valence-electron chi connectivity index (χ3n) is 6.40. The summed E-state index contributed by atoms with van der Waals surface area (Å²) in [4.78, 5) is 19.8. The number of aryl methyl sites for hydroxylation is 1. The Labute approximate surface area is 175 Å². The second kappa shape index (κ2) is 7.46. The summed E-state index contributed by atoms with van der Waals surface area (Å²) < 4.78 is 8.08. The molecule has 0 unspecified atom stereocenters. The molecule has 2 aliphatic heterocycles. The van der Waals surface area contributed by atoms with Gasteiger partial charge < -0.3 is 14.4 Å². The number of amides is 1. The zero-order chi connectivity index (χ0) is 20.0. The Hall–Kier alpha value is -2.38. The maximum atomic E-state index is 12.9. The van der Waals surface area contributed by atoms with E-state index >= 15 is 0 Å². The van der Waals surface area contributed by atoms with Gasteiger partial charge in [0, 0.05) is 63.9 Å². The summed E-state index contributed by atoms with van der Waals surface area (Å²) in [5, 5.41) is 1.26. The molecule has 2 aromatic heterocycles. The van der Waals surface area contributed by atoms with E-state index in [-0.39, 0.29) is 5.91 Å². The van der Waals surface area contributed by atoms with Crippen LogP contribution in [0.3, 0.4) is 0 Å². The molecule has 0 atom stereocenters. The third-order valence-corrected chi connectivity index (χ3v) is 7.22. The van der Waals surface area contributed by atoms with Crippen molar-refractivity contribution in [3.8, 4) is 0 Å². The lowest BCUT2D eigenvalue weighted by Crippen LogP contribution is -2.50. The normalized spacial score (nSPS) is 17.9. The zero-order valence-corrected chi connectivity index (χ0v) is 17.9. The van der Waals surface area contributed by atoms with Gasteiger partial charge in [-0.3, -0.25) is 9.69 Å². The van der Waals surface area contributed by atoms with Crippen LogP contribution in [0.25, 0.3) is 10.1 Å². The van der Waals surface area contributed by atoms with Crippen LogP contribution >= 0.6 is 11.5 Å². The van der Waals surface area contributed by atoms with E-state index in [2.05, 4.69) is 58.7 Å². The molecule has 6 nitrogen and oxygen atoms in total. The van der Waals surface area contributed by atoms with Gasteiger partial charge in [0.05, 0.1) is 4.70 Å². The molecule has 0 radical (unpaired) electrons. The molecule has 2 aliphatic rings. The Morgan fingerprint density at radius 1 is 1.00 bits per heavy atom. The number of hydrogen-bond acceptors (Lipinski definition) is 5. The number of nitrogens with zero attached hydrogens (tertiary/aromatic N) is 5. The van der Waals surface area contributed by atoms with Crippen molar-refractivity contribution in [1.82, 2.24) is 18.7 Å². The lowest BCUT2D eigenvalue weighted by atomic mass is 10.1. The average molecular weight is 410 g/mol. The van der Waals surface area contributed by atoms with Crippen molar-refractivity contribution in [2.45, 2.75) is 20.4 Å². The molecule has 1 fully saturated rings. The minimum atomic E-state index is 0.189. The van der Waals surface area contributed by atoms with E-state index in [4.69, 9.17) is 4.37 Å². The molecule has 4 heterocycles. The van der Waals surface area contributed by atoms with Crippen LogP contribution < -0.4 is 4.90 Å². The van der Waals surface area contributed by atoms with Crippen molar-refractivity contribution in [2.24, 2.45) is 0 Å². The summed E-state index contributed by atoms with van der Waals surface area (Å²) in [6.45, 7) is 11.6. The molecule has 1 amide bonds. The van der Waals surface area contributed by atoms with Gasteiger partial charge in [-0.2, -0.15) is 4.37 Å². The summed E-state index contributed by atoms with van der Waals surface area (Å²) >= 11 is 1.58. The highest BCUT2D eigenvalue weighted by Crippen LogP contribution is 2.29. The van der Waals surface area contributed by atoms with Crippen LogP contribution in [0.15, 0.2) is 30.5 Å². The van der Waals surface area contributed by atoms with Crippen molar-refractivity contribution in [3.05, 3.63) is 47.3 Å². The number of rotatable bonds is 4. The fourth-order valence-electron chi connectivity index (χ4n) is 4.50. The highest BCUT2D eigenvalue weighted by Gasteiger charge is 2.28. The molecule has 1 aromatic carbocycles. The molecule has 3 aromatic rings. The number of carbonyl (C=O) groups is 1. The predicted molar refractivity (Wildman–Crippen MR) is 118 cm³/mol. The third kappa shape index (κ3) is 3.32. The Kier molecular flexibility index (Phi) is 4.80. The van der Waals surface area contributed by atoms with Crippen molar-refractivity contribution < 1.29 is 4.79 Å². The van der Waals surface area contributed by atoms with Crippen molar-refractivity contribution in [1.29, 1.82) is 0 Å². The summed E-state index contributed by atoms with van der Waals surface area (Å²) in [5.41, 5.74) is 3.22. The summed E-state index contributed by atoms with van der Waals surface area (Å²) in [5.74, 6) is 1.32. The molecule has 0 N–H and O–H groups in total. The molecule has 5 rings (SSSR count). The van der Waals surface area contributed by atoms with Crippen LogP contribution in [0.5, 0.6) is 0 Å². The van der Waals surface area contributed by atoms with Crippen molar-refractivity contribution in [3.63, 3.8) is 0 Å². The Balaban J connectivity index is 1.18. The molecule has 29 heavy (non-hydrogen) atoms. The molecule has 0 saturated carbocycles. The Bertz CT molecular complexity index is 1050. The van der Waals surface area contributed by atoms with E-state index < -0.39 is 0 Å². The molecule has 0 spiro atoms. The maximum Gasteiger partial charge on any atom is 0.270 e. The number of carbonyl (C=O) groups excluding carboxylic acids is 1. The first kappa shape index (κ1) is 18.6. The standard InChI is InChI=1S/C22H27N5OS/c1-16-15-27-14-13-26(22(28)20(27)17(16)2)12-9-24-7-10-25(11-8-24)21-18-5-3-4-6-19(18)29-23-21/h3-6,15H,7-14H2,1-2H3. The van der Waals surface area contributed by atoms with Gasteiger partial charge in [-0.15, -0.1) is 0 Å². The van der Waals surface area contributed by atoms with Crippen LogP contribution in [0, 0.1) is 13.8 Å². The molecule has 7 heteroatoms. The number of piperazine rings is 1. The highest BCUT2D eigenvalue weighted by molar-refractivity contribution is 7.13. The quantitative estimate of drug-likeness (QED) is 0.665. The number of aromatic nitrogens is 2. The molecule has 152 valence electrons. The molecule has 0 bridgehead atoms. The number of anilines is 1. The minimum Gasteiger partial charge on any atom is -0.353 e. The summed E-state index contributed by atoms with van der Waals surface area (Å²) in [6, 6.07) is 8.47. The first-order valence-corrected chi connectivity index (χ1v) is 11.2. The predicted octanol–water partition coefficient (Wildman–Crippen LogP) is 2.99. The highest BCUT2D eigenvalue weighted by atomic mass is 32.1. The molecule has 1 saturated heterocycles. The zero-order valence-electron chi connectivity index (χ0n) is 17.1. The summed E-state index contributed by atoms with van der Waals surface area (Å²) in [7, 11) is 0. The van der Waals surface area contributed by atoms with Gasteiger partial charge in [-0.1, -0.05) is 12.1 Å². The summed E-state index contributed by atoms with van der Waals surface area (Å²) in [6.07, 6.45) is 2.11. The first-order chi connectivity index (χ1) is 14.1. The van der Waals surface area contributed by atoms with Crippen LogP contribution in [-0.4, -0.2) is 70.5 Å². The van der Waals surface area contributed by atoms with Crippen molar-refractivity contribution >= 4 is 33.3 Å². The van der Waals surface area contributed by atoms with Crippen molar-refractivity contribution in [2.75, 3.05) is 50.7 Å². The topological polar surface area (TPSA) is 44.6 Å². The van der Waals surface area contributed by atoms with Crippen LogP contribution in [-0.2, 0) is 6.54 Å². The van der Waals surface area contributed by atoms with Gasteiger partial charge in [0.15, 0.2) is 0 Å². The van der Waals surface area contributed by atoms with E-state index in [1.165, 1.54) is 15.6 Å². The Morgan fingerprint density at radius 2 is 1.79 bits per heavy atom. The number of fused-ring (bicyclic) bond motifs is 2. The van der Waals surface area contributed by atoms with Crippen LogP contribution in [0.2, 0.25) is 0 Å². The SMILES string of the molecule is Cc1cn2c(c1C)C(=O)N(CCN1CCN(c3nsc4ccccc34)CC1)CC2. The monoisotopic (exact) mass is 409 g/mol. The maximum absolute atomic E-state index is 12.9. The number of benzene rings is 1. The largest absolute Gasteiger partial charge is 0.353 e. The van der Waals surface area contributed by atoms with E-state index in [0.717, 1.165) is 69.4 Å². The minimum absolute atomic E-state index is 0.189. The second-order valence-corrected chi connectivity index (χ2v) is 8.91. The number of hydrogen-bond donors (Lipinski definition) is 0. The lowest BCUT2D eigenvalue weighted by molar-refractivity contribution is 0.0680. The van der Waals surface area contributed by atoms with Crippen LogP contribution in [0.1, 0.15) is 21.6 Å². The van der Waals surface area contributed by atoms with Gasteiger partial charge in [0.1, 0.15) is 11.5 Å². The van der Waals surface area contributed by atoms with Gasteiger partial charge in [0.2, 0.25) is 0 Å². The van der Waals surface area contributed by atoms with E-state index in [9.17, 15) is 4.79 Å². The smallest absolute Gasteiger partial charge is 0.270 e. The molecule has 0 aliphatic carbocycles. The second-order valence-electron chi connectivity index (χ2n) is 8.10. The first-order valence-electron chi connectivity index (χ1n) is 10.4. The van der Waals surface area contributed by atoms with Gasteiger partial charge in [-0.05, 0) is 48.6 Å². The molecular formula is C22H27N5OS. The van der Waals surface area contributed by atoms with E-state index in [1.807, 2.05) is 4.90 Å².